The zero-order chi connectivity index (χ0) is 15.1. The topological polar surface area (TPSA) is 77.1 Å². The van der Waals surface area contributed by atoms with Crippen molar-refractivity contribution in [1.82, 2.24) is 10.2 Å². The molecule has 2 heterocycles. The number of esters is 1. The van der Waals surface area contributed by atoms with Gasteiger partial charge in [0.05, 0.1) is 25.2 Å². The highest BCUT2D eigenvalue weighted by atomic mass is 16.6. The summed E-state index contributed by atoms with van der Waals surface area (Å²) in [6.45, 7) is 3.40. The Hall–Kier alpha value is -1.18. The van der Waals surface area contributed by atoms with Gasteiger partial charge >= 0.3 is 5.97 Å². The molecular formula is C14H24N2O5. The first kappa shape index (κ1) is 16.2. The van der Waals surface area contributed by atoms with E-state index in [0.717, 1.165) is 19.4 Å². The maximum atomic E-state index is 12.2. The third-order valence-electron chi connectivity index (χ3n) is 3.77. The van der Waals surface area contributed by atoms with E-state index in [1.54, 1.807) is 12.0 Å². The fourth-order valence-electron chi connectivity index (χ4n) is 2.56. The lowest BCUT2D eigenvalue weighted by molar-refractivity contribution is -0.151. The van der Waals surface area contributed by atoms with Crippen LogP contribution in [0.15, 0.2) is 0 Å². The highest BCUT2D eigenvalue weighted by Crippen LogP contribution is 2.13. The molecule has 0 saturated carbocycles. The number of ether oxygens (including phenoxy) is 3. The third-order valence-corrected chi connectivity index (χ3v) is 3.77. The van der Waals surface area contributed by atoms with Gasteiger partial charge in [-0.15, -0.1) is 0 Å². The second-order valence-corrected chi connectivity index (χ2v) is 5.35. The molecule has 7 nitrogen and oxygen atoms in total. The minimum Gasteiger partial charge on any atom is -0.463 e. The number of hydrogen-bond acceptors (Lipinski definition) is 6. The van der Waals surface area contributed by atoms with Crippen LogP contribution < -0.4 is 5.32 Å². The molecule has 21 heavy (non-hydrogen) atoms. The summed E-state index contributed by atoms with van der Waals surface area (Å²) in [5.41, 5.74) is 0. The third kappa shape index (κ3) is 4.94. The van der Waals surface area contributed by atoms with E-state index in [9.17, 15) is 9.59 Å². The fourth-order valence-corrected chi connectivity index (χ4v) is 2.56. The minimum atomic E-state index is -0.493. The Morgan fingerprint density at radius 2 is 2.38 bits per heavy atom. The van der Waals surface area contributed by atoms with Crippen molar-refractivity contribution in [1.29, 1.82) is 0 Å². The Bertz CT molecular complexity index is 357. The Morgan fingerprint density at radius 3 is 3.10 bits per heavy atom. The van der Waals surface area contributed by atoms with Gasteiger partial charge in [-0.1, -0.05) is 0 Å². The van der Waals surface area contributed by atoms with Gasteiger partial charge in [-0.25, -0.2) is 0 Å². The second kappa shape index (κ2) is 8.31. The largest absolute Gasteiger partial charge is 0.463 e. The van der Waals surface area contributed by atoms with E-state index in [2.05, 4.69) is 5.32 Å². The molecule has 2 aliphatic heterocycles. The molecule has 2 fully saturated rings. The van der Waals surface area contributed by atoms with Crippen molar-refractivity contribution in [2.45, 2.75) is 31.4 Å². The zero-order valence-electron chi connectivity index (χ0n) is 12.5. The maximum Gasteiger partial charge on any atom is 0.308 e. The fraction of sp³-hybridized carbons (Fsp3) is 0.857. The average Bonchev–Trinajstić information content (AvgIpc) is 2.99. The van der Waals surface area contributed by atoms with Gasteiger partial charge in [0, 0.05) is 33.4 Å². The molecule has 2 rings (SSSR count). The van der Waals surface area contributed by atoms with Crippen LogP contribution in [0.1, 0.15) is 19.3 Å². The van der Waals surface area contributed by atoms with E-state index in [1.807, 2.05) is 0 Å². The number of piperazine rings is 1. The van der Waals surface area contributed by atoms with Gasteiger partial charge in [0.2, 0.25) is 5.91 Å². The number of methoxy groups -OCH3 is 1. The van der Waals surface area contributed by atoms with Crippen LogP contribution in [0, 0.1) is 0 Å². The summed E-state index contributed by atoms with van der Waals surface area (Å²) in [7, 11) is 1.60. The van der Waals surface area contributed by atoms with Crippen LogP contribution >= 0.6 is 0 Å². The highest BCUT2D eigenvalue weighted by Gasteiger charge is 2.30. The van der Waals surface area contributed by atoms with Crippen molar-refractivity contribution >= 4 is 11.9 Å². The average molecular weight is 300 g/mol. The van der Waals surface area contributed by atoms with Gasteiger partial charge < -0.3 is 24.4 Å². The Balaban J connectivity index is 1.72. The number of nitrogens with zero attached hydrogens (tertiary/aromatic N) is 1. The predicted octanol–water partition coefficient (Wildman–Crippen LogP) is -0.454. The number of amides is 1. The van der Waals surface area contributed by atoms with Crippen molar-refractivity contribution in [3.8, 4) is 0 Å². The zero-order valence-corrected chi connectivity index (χ0v) is 12.5. The molecule has 0 aliphatic carbocycles. The molecule has 0 aromatic rings. The van der Waals surface area contributed by atoms with E-state index >= 15 is 0 Å². The van der Waals surface area contributed by atoms with Crippen LogP contribution in [0.3, 0.4) is 0 Å². The number of hydrogen-bond donors (Lipinski definition) is 1. The summed E-state index contributed by atoms with van der Waals surface area (Å²) in [5.74, 6) is -0.419. The van der Waals surface area contributed by atoms with Gasteiger partial charge in [-0.2, -0.15) is 0 Å². The lowest BCUT2D eigenvalue weighted by Gasteiger charge is -2.32. The van der Waals surface area contributed by atoms with Gasteiger partial charge in [0.1, 0.15) is 6.61 Å². The molecular weight excluding hydrogens is 276 g/mol. The van der Waals surface area contributed by atoms with E-state index in [4.69, 9.17) is 14.2 Å². The number of carbonyl (C=O) groups is 2. The van der Waals surface area contributed by atoms with E-state index < -0.39 is 6.04 Å². The molecule has 0 spiro atoms. The summed E-state index contributed by atoms with van der Waals surface area (Å²) in [6.07, 6.45) is 2.02. The minimum absolute atomic E-state index is 0.0159. The van der Waals surface area contributed by atoms with Gasteiger partial charge in [0.15, 0.2) is 0 Å². The van der Waals surface area contributed by atoms with Crippen molar-refractivity contribution < 1.29 is 23.8 Å². The van der Waals surface area contributed by atoms with E-state index in [1.165, 1.54) is 0 Å². The van der Waals surface area contributed by atoms with Crippen LogP contribution in [0.2, 0.25) is 0 Å². The standard InChI is InChI=1S/C14H24N2O5/c1-19-8-6-16-5-4-15-12(14(16)18)9-13(17)21-10-11-3-2-7-20-11/h11-12,15H,2-10H2,1H3. The summed E-state index contributed by atoms with van der Waals surface area (Å²) < 4.78 is 15.6. The highest BCUT2D eigenvalue weighted by molar-refractivity contribution is 5.87. The van der Waals surface area contributed by atoms with E-state index in [0.29, 0.717) is 26.2 Å². The summed E-state index contributed by atoms with van der Waals surface area (Å²) in [4.78, 5) is 25.7. The Labute approximate surface area is 124 Å². The molecule has 0 aromatic heterocycles. The van der Waals surface area contributed by atoms with E-state index in [-0.39, 0.29) is 31.0 Å². The summed E-state index contributed by atoms with van der Waals surface area (Å²) in [6, 6.07) is -0.493. The number of rotatable bonds is 7. The second-order valence-electron chi connectivity index (χ2n) is 5.35. The first-order valence-corrected chi connectivity index (χ1v) is 7.49. The summed E-state index contributed by atoms with van der Waals surface area (Å²) in [5, 5.41) is 3.07. The lowest BCUT2D eigenvalue weighted by atomic mass is 10.1. The van der Waals surface area contributed by atoms with Crippen molar-refractivity contribution in [3.05, 3.63) is 0 Å². The molecule has 2 saturated heterocycles. The molecule has 0 aromatic carbocycles. The quantitative estimate of drug-likeness (QED) is 0.642. The van der Waals surface area contributed by atoms with Gasteiger partial charge in [-0.3, -0.25) is 9.59 Å². The van der Waals surface area contributed by atoms with Crippen LogP contribution in [0.4, 0.5) is 0 Å². The van der Waals surface area contributed by atoms with Crippen molar-refractivity contribution in [2.75, 3.05) is 46.6 Å². The summed E-state index contributed by atoms with van der Waals surface area (Å²) >= 11 is 0. The molecule has 7 heteroatoms. The van der Waals surface area contributed by atoms with Crippen LogP contribution in [-0.4, -0.2) is 75.5 Å². The number of carbonyl (C=O) groups excluding carboxylic acids is 2. The molecule has 1 N–H and O–H groups in total. The molecule has 0 radical (unpaired) electrons. The SMILES string of the molecule is COCCN1CCNC(CC(=O)OCC2CCCO2)C1=O. The first-order valence-electron chi connectivity index (χ1n) is 7.49. The number of nitrogens with one attached hydrogen (secondary N) is 1. The Kier molecular flexibility index (Phi) is 6.41. The molecule has 2 aliphatic rings. The molecule has 2 atom stereocenters. The van der Waals surface area contributed by atoms with Crippen LogP contribution in [0.25, 0.3) is 0 Å². The smallest absolute Gasteiger partial charge is 0.308 e. The monoisotopic (exact) mass is 300 g/mol. The molecule has 120 valence electrons. The predicted molar refractivity (Wildman–Crippen MR) is 74.8 cm³/mol. The first-order chi connectivity index (χ1) is 10.2. The van der Waals surface area contributed by atoms with Crippen LogP contribution in [-0.2, 0) is 23.8 Å². The lowest BCUT2D eigenvalue weighted by Crippen LogP contribution is -2.56. The van der Waals surface area contributed by atoms with Crippen molar-refractivity contribution in [2.24, 2.45) is 0 Å². The van der Waals surface area contributed by atoms with Gasteiger partial charge in [-0.05, 0) is 12.8 Å². The molecule has 1 amide bonds. The molecule has 2 unspecified atom stereocenters. The van der Waals surface area contributed by atoms with Gasteiger partial charge in [0.25, 0.3) is 0 Å². The Morgan fingerprint density at radius 1 is 1.52 bits per heavy atom. The van der Waals surface area contributed by atoms with Crippen molar-refractivity contribution in [3.63, 3.8) is 0 Å². The normalized spacial score (nSPS) is 26.1. The maximum absolute atomic E-state index is 12.2. The van der Waals surface area contributed by atoms with Crippen LogP contribution in [0.5, 0.6) is 0 Å². The molecule has 0 bridgehead atoms.